The molecule has 0 atom stereocenters. The van der Waals surface area contributed by atoms with Crippen LogP contribution in [0, 0.1) is 6.92 Å². The monoisotopic (exact) mass is 426 g/mol. The van der Waals surface area contributed by atoms with Gasteiger partial charge in [-0.05, 0) is 48.9 Å². The Hall–Kier alpha value is -3.80. The van der Waals surface area contributed by atoms with E-state index in [1.165, 1.54) is 11.3 Å². The van der Waals surface area contributed by atoms with Crippen LogP contribution in [0.4, 0.5) is 5.69 Å². The van der Waals surface area contributed by atoms with Gasteiger partial charge in [0.05, 0.1) is 11.3 Å². The fraction of sp³-hybridized carbons (Fsp3) is 0.231. The van der Waals surface area contributed by atoms with E-state index in [4.69, 9.17) is 4.74 Å². The van der Waals surface area contributed by atoms with E-state index >= 15 is 0 Å². The van der Waals surface area contributed by atoms with Crippen LogP contribution in [0.15, 0.2) is 79.1 Å². The van der Waals surface area contributed by atoms with Crippen LogP contribution in [0.25, 0.3) is 5.65 Å². The topological polar surface area (TPSA) is 50.1 Å². The fourth-order valence-electron chi connectivity index (χ4n) is 4.14. The number of fused-ring (bicyclic) bond motifs is 1. The van der Waals surface area contributed by atoms with E-state index < -0.39 is 0 Å². The molecule has 0 N–H and O–H groups in total. The van der Waals surface area contributed by atoms with Crippen molar-refractivity contribution in [2.45, 2.75) is 13.5 Å². The molecule has 32 heavy (non-hydrogen) atoms. The van der Waals surface area contributed by atoms with E-state index in [1.807, 2.05) is 64.2 Å². The Labute approximate surface area is 187 Å². The number of anilines is 1. The van der Waals surface area contributed by atoms with E-state index in [2.05, 4.69) is 41.1 Å². The molecule has 1 fully saturated rings. The standard InChI is InChI=1S/C26H26N4O2/c1-20-7-6-8-22(17-20)28-13-15-29(16-14-28)26(31)23-9-2-3-10-24(23)32-19-21-18-30-12-5-4-11-25(30)27-21/h2-12,17-18H,13-16,19H2,1H3. The van der Waals surface area contributed by atoms with Crippen LogP contribution < -0.4 is 9.64 Å². The third-order valence-electron chi connectivity index (χ3n) is 5.84. The van der Waals surface area contributed by atoms with Crippen molar-refractivity contribution in [2.75, 3.05) is 31.1 Å². The molecule has 1 amide bonds. The first kappa shape index (κ1) is 20.1. The molecule has 0 bridgehead atoms. The lowest BCUT2D eigenvalue weighted by atomic mass is 10.1. The Balaban J connectivity index is 1.25. The Morgan fingerprint density at radius 2 is 1.78 bits per heavy atom. The van der Waals surface area contributed by atoms with E-state index in [9.17, 15) is 4.79 Å². The summed E-state index contributed by atoms with van der Waals surface area (Å²) in [5.74, 6) is 0.607. The number of carbonyl (C=O) groups is 1. The first-order valence-electron chi connectivity index (χ1n) is 10.9. The normalized spacial score (nSPS) is 14.0. The van der Waals surface area contributed by atoms with Crippen LogP contribution in [0.5, 0.6) is 5.75 Å². The van der Waals surface area contributed by atoms with E-state index in [1.54, 1.807) is 0 Å². The SMILES string of the molecule is Cc1cccc(N2CCN(C(=O)c3ccccc3OCc3cn4ccccc4n3)CC2)c1. The van der Waals surface area contributed by atoms with Gasteiger partial charge in [-0.1, -0.05) is 30.3 Å². The number of nitrogens with zero attached hydrogens (tertiary/aromatic N) is 4. The molecular weight excluding hydrogens is 400 g/mol. The van der Waals surface area contributed by atoms with E-state index in [-0.39, 0.29) is 5.91 Å². The number of pyridine rings is 1. The maximum absolute atomic E-state index is 13.3. The highest BCUT2D eigenvalue weighted by Gasteiger charge is 2.24. The third-order valence-corrected chi connectivity index (χ3v) is 5.84. The molecule has 6 heteroatoms. The Morgan fingerprint density at radius 1 is 0.969 bits per heavy atom. The zero-order chi connectivity index (χ0) is 21.9. The summed E-state index contributed by atoms with van der Waals surface area (Å²) in [6.45, 7) is 5.43. The first-order valence-corrected chi connectivity index (χ1v) is 10.9. The van der Waals surface area contributed by atoms with Crippen molar-refractivity contribution < 1.29 is 9.53 Å². The molecule has 1 aliphatic rings. The second-order valence-corrected chi connectivity index (χ2v) is 8.10. The van der Waals surface area contributed by atoms with Gasteiger partial charge >= 0.3 is 0 Å². The molecule has 2 aromatic heterocycles. The molecule has 0 spiro atoms. The zero-order valence-corrected chi connectivity index (χ0v) is 18.1. The number of rotatable bonds is 5. The molecule has 1 saturated heterocycles. The van der Waals surface area contributed by atoms with Crippen LogP contribution >= 0.6 is 0 Å². The third kappa shape index (κ3) is 4.17. The van der Waals surface area contributed by atoms with Gasteiger partial charge in [-0.25, -0.2) is 4.98 Å². The summed E-state index contributed by atoms with van der Waals surface area (Å²) in [4.78, 5) is 22.1. The molecule has 0 unspecified atom stereocenters. The second kappa shape index (κ2) is 8.75. The maximum atomic E-state index is 13.3. The van der Waals surface area contributed by atoms with Crippen molar-refractivity contribution >= 4 is 17.2 Å². The fourth-order valence-corrected chi connectivity index (χ4v) is 4.14. The molecule has 2 aromatic carbocycles. The first-order chi connectivity index (χ1) is 15.7. The number of aryl methyl sites for hydroxylation is 1. The van der Waals surface area contributed by atoms with E-state index in [0.29, 0.717) is 31.0 Å². The molecular formula is C26H26N4O2. The minimum atomic E-state index is 0.0134. The molecule has 5 rings (SSSR count). The van der Waals surface area contributed by atoms with Crippen molar-refractivity contribution in [3.63, 3.8) is 0 Å². The van der Waals surface area contributed by atoms with Gasteiger partial charge in [-0.2, -0.15) is 0 Å². The minimum Gasteiger partial charge on any atom is -0.486 e. The van der Waals surface area contributed by atoms with Gasteiger partial charge in [-0.3, -0.25) is 4.79 Å². The average Bonchev–Trinajstić information content (AvgIpc) is 3.26. The number of hydrogen-bond acceptors (Lipinski definition) is 4. The number of benzene rings is 2. The van der Waals surface area contributed by atoms with Gasteiger partial charge in [0.1, 0.15) is 18.0 Å². The smallest absolute Gasteiger partial charge is 0.257 e. The summed E-state index contributed by atoms with van der Waals surface area (Å²) in [6, 6.07) is 21.9. The van der Waals surface area contributed by atoms with E-state index in [0.717, 1.165) is 24.4 Å². The molecule has 0 aliphatic carbocycles. The quantitative estimate of drug-likeness (QED) is 0.480. The summed E-state index contributed by atoms with van der Waals surface area (Å²) in [7, 11) is 0. The van der Waals surface area contributed by atoms with Crippen molar-refractivity contribution in [3.05, 3.63) is 95.9 Å². The van der Waals surface area contributed by atoms with Gasteiger partial charge in [-0.15, -0.1) is 0 Å². The lowest BCUT2D eigenvalue weighted by Crippen LogP contribution is -2.48. The predicted octanol–water partition coefficient (Wildman–Crippen LogP) is 4.18. The number of imidazole rings is 1. The molecule has 6 nitrogen and oxygen atoms in total. The number of piperazine rings is 1. The summed E-state index contributed by atoms with van der Waals surface area (Å²) in [6.07, 6.45) is 3.91. The molecule has 4 aromatic rings. The Kier molecular flexibility index (Phi) is 5.50. The number of ether oxygens (including phenoxy) is 1. The van der Waals surface area contributed by atoms with Gasteiger partial charge in [0.2, 0.25) is 0 Å². The van der Waals surface area contributed by atoms with Crippen molar-refractivity contribution in [3.8, 4) is 5.75 Å². The number of para-hydroxylation sites is 1. The average molecular weight is 427 g/mol. The lowest BCUT2D eigenvalue weighted by Gasteiger charge is -2.36. The van der Waals surface area contributed by atoms with Crippen LogP contribution in [0.3, 0.4) is 0 Å². The predicted molar refractivity (Wildman–Crippen MR) is 125 cm³/mol. The van der Waals surface area contributed by atoms with Crippen LogP contribution in [-0.2, 0) is 6.61 Å². The lowest BCUT2D eigenvalue weighted by molar-refractivity contribution is 0.0742. The minimum absolute atomic E-state index is 0.0134. The highest BCUT2D eigenvalue weighted by Crippen LogP contribution is 2.23. The van der Waals surface area contributed by atoms with Gasteiger partial charge < -0.3 is 18.9 Å². The summed E-state index contributed by atoms with van der Waals surface area (Å²) in [5.41, 5.74) is 4.76. The molecule has 1 aliphatic heterocycles. The maximum Gasteiger partial charge on any atom is 0.257 e. The summed E-state index contributed by atoms with van der Waals surface area (Å²) >= 11 is 0. The van der Waals surface area contributed by atoms with Crippen molar-refractivity contribution in [1.29, 1.82) is 0 Å². The molecule has 162 valence electrons. The molecule has 3 heterocycles. The summed E-state index contributed by atoms with van der Waals surface area (Å²) < 4.78 is 8.00. The number of aromatic nitrogens is 2. The Morgan fingerprint density at radius 3 is 2.59 bits per heavy atom. The number of carbonyl (C=O) groups excluding carboxylic acids is 1. The van der Waals surface area contributed by atoms with Gasteiger partial charge in [0.25, 0.3) is 5.91 Å². The highest BCUT2D eigenvalue weighted by molar-refractivity contribution is 5.97. The zero-order valence-electron chi connectivity index (χ0n) is 18.1. The summed E-state index contributed by atoms with van der Waals surface area (Å²) in [5, 5.41) is 0. The van der Waals surface area contributed by atoms with Crippen LogP contribution in [0.1, 0.15) is 21.6 Å². The highest BCUT2D eigenvalue weighted by atomic mass is 16.5. The van der Waals surface area contributed by atoms with Crippen molar-refractivity contribution in [2.24, 2.45) is 0 Å². The van der Waals surface area contributed by atoms with Crippen LogP contribution in [-0.4, -0.2) is 46.4 Å². The van der Waals surface area contributed by atoms with Gasteiger partial charge in [0.15, 0.2) is 0 Å². The van der Waals surface area contributed by atoms with Gasteiger partial charge in [0, 0.05) is 44.3 Å². The largest absolute Gasteiger partial charge is 0.486 e. The second-order valence-electron chi connectivity index (χ2n) is 8.10. The number of amides is 1. The van der Waals surface area contributed by atoms with Crippen LogP contribution in [0.2, 0.25) is 0 Å². The molecule has 0 saturated carbocycles. The molecule has 0 radical (unpaired) electrons. The number of hydrogen-bond donors (Lipinski definition) is 0. The Bertz CT molecular complexity index is 1210. The van der Waals surface area contributed by atoms with Crippen molar-refractivity contribution in [1.82, 2.24) is 14.3 Å².